The van der Waals surface area contributed by atoms with Crippen molar-refractivity contribution in [2.75, 3.05) is 26.2 Å². The number of ether oxygens (including phenoxy) is 1. The molecule has 0 aromatic carbocycles. The first kappa shape index (κ1) is 14.5. The van der Waals surface area contributed by atoms with Crippen LogP contribution in [0.3, 0.4) is 0 Å². The van der Waals surface area contributed by atoms with Crippen LogP contribution >= 0.6 is 0 Å². The van der Waals surface area contributed by atoms with Crippen molar-refractivity contribution in [3.05, 3.63) is 0 Å². The molecule has 1 unspecified atom stereocenters. The van der Waals surface area contributed by atoms with E-state index in [1.54, 1.807) is 6.92 Å². The van der Waals surface area contributed by atoms with Crippen molar-refractivity contribution in [3.63, 3.8) is 0 Å². The van der Waals surface area contributed by atoms with Crippen molar-refractivity contribution < 1.29 is 9.53 Å². The van der Waals surface area contributed by atoms with Crippen molar-refractivity contribution >= 4 is 5.97 Å². The van der Waals surface area contributed by atoms with Crippen molar-refractivity contribution in [3.8, 4) is 0 Å². The van der Waals surface area contributed by atoms with E-state index in [-0.39, 0.29) is 5.97 Å². The van der Waals surface area contributed by atoms with Gasteiger partial charge in [-0.05, 0) is 38.6 Å². The van der Waals surface area contributed by atoms with Crippen LogP contribution in [0.4, 0.5) is 0 Å². The van der Waals surface area contributed by atoms with E-state index in [2.05, 4.69) is 11.8 Å². The Morgan fingerprint density at radius 3 is 2.65 bits per heavy atom. The summed E-state index contributed by atoms with van der Waals surface area (Å²) >= 11 is 0. The molecule has 0 heterocycles. The Labute approximate surface area is 104 Å². The summed E-state index contributed by atoms with van der Waals surface area (Å²) in [6, 6.07) is -0.467. The predicted molar refractivity (Wildman–Crippen MR) is 68.7 cm³/mol. The number of nitrogens with zero attached hydrogens (tertiary/aromatic N) is 1. The Balaban J connectivity index is 2.18. The lowest BCUT2D eigenvalue weighted by atomic mass is 9.85. The molecule has 0 radical (unpaired) electrons. The Morgan fingerprint density at radius 2 is 2.18 bits per heavy atom. The van der Waals surface area contributed by atoms with Crippen molar-refractivity contribution in [1.29, 1.82) is 0 Å². The van der Waals surface area contributed by atoms with Gasteiger partial charge in [-0.15, -0.1) is 0 Å². The maximum Gasteiger partial charge on any atom is 0.322 e. The summed E-state index contributed by atoms with van der Waals surface area (Å²) < 4.78 is 4.90. The fourth-order valence-corrected chi connectivity index (χ4v) is 2.11. The van der Waals surface area contributed by atoms with Crippen molar-refractivity contribution in [2.45, 2.75) is 45.6 Å². The van der Waals surface area contributed by atoms with Crippen LogP contribution in [0.15, 0.2) is 0 Å². The van der Waals surface area contributed by atoms with E-state index < -0.39 is 6.04 Å². The molecular weight excluding hydrogens is 216 g/mol. The normalized spacial score (nSPS) is 17.9. The fourth-order valence-electron chi connectivity index (χ4n) is 2.11. The number of nitrogens with two attached hydrogens (primary N) is 1. The van der Waals surface area contributed by atoms with Gasteiger partial charge in [-0.25, -0.2) is 0 Å². The lowest BCUT2D eigenvalue weighted by molar-refractivity contribution is -0.144. The Morgan fingerprint density at radius 1 is 1.47 bits per heavy atom. The van der Waals surface area contributed by atoms with Crippen LogP contribution in [-0.2, 0) is 9.53 Å². The second-order valence-electron chi connectivity index (χ2n) is 4.84. The van der Waals surface area contributed by atoms with Crippen LogP contribution in [0.25, 0.3) is 0 Å². The van der Waals surface area contributed by atoms with Crippen LogP contribution < -0.4 is 5.73 Å². The third kappa shape index (κ3) is 5.04. The predicted octanol–water partition coefficient (Wildman–Crippen LogP) is 1.39. The molecule has 17 heavy (non-hydrogen) atoms. The molecule has 1 aliphatic rings. The minimum absolute atomic E-state index is 0.271. The monoisotopic (exact) mass is 242 g/mol. The molecule has 1 saturated carbocycles. The van der Waals surface area contributed by atoms with Gasteiger partial charge >= 0.3 is 5.97 Å². The van der Waals surface area contributed by atoms with E-state index >= 15 is 0 Å². The molecule has 0 amide bonds. The minimum Gasteiger partial charge on any atom is -0.465 e. The zero-order chi connectivity index (χ0) is 12.7. The molecule has 0 aliphatic heterocycles. The van der Waals surface area contributed by atoms with Crippen LogP contribution in [-0.4, -0.2) is 43.2 Å². The molecule has 1 fully saturated rings. The van der Waals surface area contributed by atoms with E-state index in [0.29, 0.717) is 13.0 Å². The van der Waals surface area contributed by atoms with Crippen LogP contribution in [0, 0.1) is 5.92 Å². The van der Waals surface area contributed by atoms with Crippen molar-refractivity contribution in [2.24, 2.45) is 11.7 Å². The summed E-state index contributed by atoms with van der Waals surface area (Å²) in [6.45, 7) is 7.46. The van der Waals surface area contributed by atoms with Gasteiger partial charge in [0.25, 0.3) is 0 Å². The summed E-state index contributed by atoms with van der Waals surface area (Å²) in [5.41, 5.74) is 5.78. The summed E-state index contributed by atoms with van der Waals surface area (Å²) in [6.07, 6.45) is 4.80. The molecule has 4 nitrogen and oxygen atoms in total. The molecular formula is C13H26N2O2. The van der Waals surface area contributed by atoms with E-state index in [4.69, 9.17) is 10.5 Å². The lowest BCUT2D eigenvalue weighted by Crippen LogP contribution is -2.39. The van der Waals surface area contributed by atoms with Crippen LogP contribution in [0.1, 0.15) is 39.5 Å². The summed E-state index contributed by atoms with van der Waals surface area (Å²) in [7, 11) is 0. The van der Waals surface area contributed by atoms with Gasteiger partial charge in [-0.1, -0.05) is 13.3 Å². The zero-order valence-corrected chi connectivity index (χ0v) is 11.2. The highest BCUT2D eigenvalue weighted by atomic mass is 16.5. The molecule has 1 atom stereocenters. The lowest BCUT2D eigenvalue weighted by Gasteiger charge is -2.32. The fraction of sp³-hybridized carbons (Fsp3) is 0.923. The average molecular weight is 242 g/mol. The van der Waals surface area contributed by atoms with E-state index in [9.17, 15) is 4.79 Å². The molecule has 0 saturated heterocycles. The van der Waals surface area contributed by atoms with E-state index in [0.717, 1.165) is 25.6 Å². The minimum atomic E-state index is -0.467. The molecule has 4 heteroatoms. The third-order valence-corrected chi connectivity index (χ3v) is 3.53. The number of carbonyl (C=O) groups is 1. The average Bonchev–Trinajstić information content (AvgIpc) is 2.27. The van der Waals surface area contributed by atoms with Gasteiger partial charge in [0.2, 0.25) is 0 Å². The molecule has 0 spiro atoms. The van der Waals surface area contributed by atoms with E-state index in [1.807, 2.05) is 0 Å². The Bertz CT molecular complexity index is 229. The maximum absolute atomic E-state index is 11.4. The zero-order valence-electron chi connectivity index (χ0n) is 11.2. The number of rotatable bonds is 8. The Kier molecular flexibility index (Phi) is 6.52. The third-order valence-electron chi connectivity index (χ3n) is 3.53. The van der Waals surface area contributed by atoms with Gasteiger partial charge < -0.3 is 15.4 Å². The standard InChI is InChI=1S/C13H26N2O2/c1-3-15(10-11-6-5-7-11)9-8-12(14)13(16)17-4-2/h11-12H,3-10,14H2,1-2H3. The SMILES string of the molecule is CCOC(=O)C(N)CCN(CC)CC1CCC1. The second-order valence-corrected chi connectivity index (χ2v) is 4.84. The first-order valence-electron chi connectivity index (χ1n) is 6.81. The van der Waals surface area contributed by atoms with Gasteiger partial charge in [0.05, 0.1) is 6.61 Å². The van der Waals surface area contributed by atoms with Gasteiger partial charge in [0.1, 0.15) is 6.04 Å². The molecule has 100 valence electrons. The largest absolute Gasteiger partial charge is 0.465 e. The maximum atomic E-state index is 11.4. The quantitative estimate of drug-likeness (QED) is 0.654. The molecule has 0 aromatic rings. The number of esters is 1. The van der Waals surface area contributed by atoms with Crippen LogP contribution in [0.2, 0.25) is 0 Å². The van der Waals surface area contributed by atoms with Gasteiger partial charge in [-0.3, -0.25) is 4.79 Å². The highest BCUT2D eigenvalue weighted by Gasteiger charge is 2.21. The van der Waals surface area contributed by atoms with Crippen LogP contribution in [0.5, 0.6) is 0 Å². The van der Waals surface area contributed by atoms with Gasteiger partial charge in [0, 0.05) is 13.1 Å². The summed E-state index contributed by atoms with van der Waals surface area (Å²) in [4.78, 5) is 13.8. The first-order chi connectivity index (χ1) is 8.17. The molecule has 1 aliphatic carbocycles. The summed E-state index contributed by atoms with van der Waals surface area (Å²) in [5, 5.41) is 0. The topological polar surface area (TPSA) is 55.6 Å². The second kappa shape index (κ2) is 7.67. The number of carbonyl (C=O) groups excluding carboxylic acids is 1. The highest BCUT2D eigenvalue weighted by Crippen LogP contribution is 2.27. The number of hydrogen-bond acceptors (Lipinski definition) is 4. The van der Waals surface area contributed by atoms with E-state index in [1.165, 1.54) is 19.3 Å². The first-order valence-corrected chi connectivity index (χ1v) is 6.81. The van der Waals surface area contributed by atoms with Gasteiger partial charge in [-0.2, -0.15) is 0 Å². The Hall–Kier alpha value is -0.610. The van der Waals surface area contributed by atoms with Gasteiger partial charge in [0.15, 0.2) is 0 Å². The highest BCUT2D eigenvalue weighted by molar-refractivity contribution is 5.75. The smallest absolute Gasteiger partial charge is 0.322 e. The molecule has 0 aromatic heterocycles. The molecule has 1 rings (SSSR count). The molecule has 2 N–H and O–H groups in total. The summed E-state index contributed by atoms with van der Waals surface area (Å²) in [5.74, 6) is 0.598. The van der Waals surface area contributed by atoms with Crippen molar-refractivity contribution in [1.82, 2.24) is 4.90 Å². The number of hydrogen-bond donors (Lipinski definition) is 1. The molecule has 0 bridgehead atoms.